The van der Waals surface area contributed by atoms with Crippen molar-refractivity contribution in [3.05, 3.63) is 23.3 Å². The monoisotopic (exact) mass is 1080 g/mol. The Balaban J connectivity index is 1.60. The SMILES string of the molecule is CCCCCCCCC(CCCCCC)Cc1c[c]([Sn]([CH3])([CH3])[CH3])sc1-c1nc2sc(-c3s[c]([Sn]([CH3])([CH3])[CH3])cc3CC(CCCCCC)CCCCCCCC)nc2s1. The molecular formula is C50H86N2S4Sn2. The maximum atomic E-state index is 5.48. The van der Waals surface area contributed by atoms with E-state index in [1.807, 2.05) is 22.7 Å². The molecule has 0 radical (unpaired) electrons. The second kappa shape index (κ2) is 27.0. The predicted molar refractivity (Wildman–Crippen MR) is 276 cm³/mol. The molecule has 58 heavy (non-hydrogen) atoms. The first kappa shape index (κ1) is 51.2. The summed E-state index contributed by atoms with van der Waals surface area (Å²) in [7, 11) is 0. The van der Waals surface area contributed by atoms with E-state index in [0.717, 1.165) is 11.8 Å². The zero-order valence-electron chi connectivity index (χ0n) is 39.2. The third-order valence-electron chi connectivity index (χ3n) is 12.3. The summed E-state index contributed by atoms with van der Waals surface area (Å²) in [5.74, 6) is 1.59. The van der Waals surface area contributed by atoms with Gasteiger partial charge in [-0.3, -0.25) is 0 Å². The van der Waals surface area contributed by atoms with Gasteiger partial charge in [0.15, 0.2) is 0 Å². The van der Waals surface area contributed by atoms with Gasteiger partial charge in [-0.05, 0) is 0 Å². The summed E-state index contributed by atoms with van der Waals surface area (Å²) in [6.45, 7) is 9.35. The number of thiazole rings is 2. The average molecular weight is 1080 g/mol. The van der Waals surface area contributed by atoms with Crippen LogP contribution in [-0.4, -0.2) is 46.7 Å². The van der Waals surface area contributed by atoms with E-state index in [2.05, 4.69) is 92.1 Å². The zero-order valence-corrected chi connectivity index (χ0v) is 48.2. The van der Waals surface area contributed by atoms with E-state index < -0.39 is 36.8 Å². The fourth-order valence-corrected chi connectivity index (χ4v) is 23.8. The van der Waals surface area contributed by atoms with Crippen LogP contribution in [0.5, 0.6) is 0 Å². The molecule has 0 aromatic carbocycles. The Morgan fingerprint density at radius 3 is 1.02 bits per heavy atom. The predicted octanol–water partition coefficient (Wildman–Crippen LogP) is 18.1. The zero-order chi connectivity index (χ0) is 42.0. The van der Waals surface area contributed by atoms with Gasteiger partial charge >= 0.3 is 373 Å². The van der Waals surface area contributed by atoms with Crippen molar-refractivity contribution >= 4 is 97.5 Å². The molecule has 0 spiro atoms. The van der Waals surface area contributed by atoms with E-state index in [4.69, 9.17) is 9.97 Å². The molecule has 0 bridgehead atoms. The molecule has 2 atom stereocenters. The fourth-order valence-electron chi connectivity index (χ4n) is 8.56. The molecular weight excluding hydrogens is 994 g/mol. The van der Waals surface area contributed by atoms with Crippen molar-refractivity contribution in [3.8, 4) is 19.8 Å². The van der Waals surface area contributed by atoms with Gasteiger partial charge in [-0.25, -0.2) is 0 Å². The third-order valence-corrected chi connectivity index (χ3v) is 35.9. The van der Waals surface area contributed by atoms with Crippen LogP contribution in [-0.2, 0) is 12.8 Å². The van der Waals surface area contributed by atoms with Crippen LogP contribution < -0.4 is 5.79 Å². The molecule has 4 heterocycles. The number of fused-ring (bicyclic) bond motifs is 1. The van der Waals surface area contributed by atoms with Gasteiger partial charge in [-0.2, -0.15) is 0 Å². The van der Waals surface area contributed by atoms with E-state index in [9.17, 15) is 0 Å². The van der Waals surface area contributed by atoms with Crippen LogP contribution in [0.4, 0.5) is 0 Å². The summed E-state index contributed by atoms with van der Waals surface area (Å²) < 4.78 is 3.43. The van der Waals surface area contributed by atoms with Crippen molar-refractivity contribution in [1.29, 1.82) is 0 Å². The number of nitrogens with zero attached hydrogens (tertiary/aromatic N) is 2. The van der Waals surface area contributed by atoms with Gasteiger partial charge in [-0.15, -0.1) is 0 Å². The fraction of sp³-hybridized carbons (Fsp3) is 0.760. The molecule has 4 rings (SSSR count). The van der Waals surface area contributed by atoms with Crippen LogP contribution in [0.3, 0.4) is 0 Å². The normalized spacial score (nSPS) is 13.6. The van der Waals surface area contributed by atoms with Crippen LogP contribution in [0.25, 0.3) is 29.4 Å². The van der Waals surface area contributed by atoms with Gasteiger partial charge in [0, 0.05) is 0 Å². The van der Waals surface area contributed by atoms with Crippen LogP contribution in [0, 0.1) is 11.8 Å². The molecule has 0 aliphatic rings. The van der Waals surface area contributed by atoms with Gasteiger partial charge in [0.05, 0.1) is 0 Å². The Hall–Kier alpha value is 0.517. The first-order valence-electron chi connectivity index (χ1n) is 24.4. The van der Waals surface area contributed by atoms with Crippen molar-refractivity contribution in [2.75, 3.05) is 0 Å². The Labute approximate surface area is 382 Å². The van der Waals surface area contributed by atoms with Gasteiger partial charge < -0.3 is 0 Å². The minimum absolute atomic E-state index is 0.793. The molecule has 328 valence electrons. The quantitative estimate of drug-likeness (QED) is 0.0360. The van der Waals surface area contributed by atoms with Gasteiger partial charge in [0.1, 0.15) is 0 Å². The summed E-state index contributed by atoms with van der Waals surface area (Å²) in [6.07, 6.45) is 35.8. The number of hydrogen-bond donors (Lipinski definition) is 0. The number of thiophene rings is 2. The molecule has 8 heteroatoms. The molecule has 0 aliphatic heterocycles. The van der Waals surface area contributed by atoms with Gasteiger partial charge in [0.25, 0.3) is 0 Å². The minimum atomic E-state index is -2.28. The molecule has 4 aromatic rings. The number of rotatable bonds is 32. The summed E-state index contributed by atoms with van der Waals surface area (Å²) in [5, 5.41) is 2.49. The summed E-state index contributed by atoms with van der Waals surface area (Å²) >= 11 is 3.46. The van der Waals surface area contributed by atoms with Crippen LogP contribution >= 0.6 is 45.3 Å². The van der Waals surface area contributed by atoms with Crippen molar-refractivity contribution in [3.63, 3.8) is 0 Å². The van der Waals surface area contributed by atoms with E-state index in [1.54, 1.807) is 16.9 Å². The second-order valence-corrected chi connectivity index (χ2v) is 54.9. The van der Waals surface area contributed by atoms with Crippen molar-refractivity contribution in [2.45, 2.75) is 224 Å². The van der Waals surface area contributed by atoms with E-state index >= 15 is 0 Å². The van der Waals surface area contributed by atoms with Crippen LogP contribution in [0.1, 0.15) is 193 Å². The van der Waals surface area contributed by atoms with Crippen LogP contribution in [0.15, 0.2) is 12.1 Å². The summed E-state index contributed by atoms with van der Waals surface area (Å²) in [6, 6.07) is 5.35. The molecule has 0 fully saturated rings. The number of aromatic nitrogens is 2. The molecule has 0 amide bonds. The Morgan fingerprint density at radius 2 is 0.707 bits per heavy atom. The van der Waals surface area contributed by atoms with Crippen LogP contribution in [0.2, 0.25) is 29.6 Å². The van der Waals surface area contributed by atoms with Crippen molar-refractivity contribution < 1.29 is 0 Å². The Bertz CT molecular complexity index is 1550. The van der Waals surface area contributed by atoms with E-state index in [1.165, 1.54) is 196 Å². The average Bonchev–Trinajstić information content (AvgIpc) is 3.97. The standard InChI is InChI=1S/C44H68N2S4.6CH3.2Sn/c1-5-9-13-17-19-23-27-35(25-21-15-11-7-3)33-37-29-31-47-39(37)41-45-43-44(49-41)46-42(50-43)40-38(30-32-48-40)34-36(26-22-16-12-8-4)28-24-20-18-14-10-6-2;;;;;;;;/h29-30,35-36H,5-28,33-34H2,1-4H3;6*1H3;;. The maximum absolute atomic E-state index is 5.48. The number of unbranched alkanes of at least 4 members (excludes halogenated alkanes) is 16. The first-order valence-corrected chi connectivity index (χ1v) is 47.7. The topological polar surface area (TPSA) is 25.8 Å². The number of hydrogen-bond acceptors (Lipinski definition) is 6. The van der Waals surface area contributed by atoms with E-state index in [0.29, 0.717) is 0 Å². The Kier molecular flexibility index (Phi) is 23.8. The molecule has 0 N–H and O–H groups in total. The molecule has 0 saturated carbocycles. The molecule has 4 aromatic heterocycles. The Morgan fingerprint density at radius 1 is 0.414 bits per heavy atom. The molecule has 0 aliphatic carbocycles. The second-order valence-electron chi connectivity index (χ2n) is 20.0. The summed E-state index contributed by atoms with van der Waals surface area (Å²) in [5.41, 5.74) is 3.22. The van der Waals surface area contributed by atoms with Gasteiger partial charge in [0.2, 0.25) is 0 Å². The van der Waals surface area contributed by atoms with Gasteiger partial charge in [-0.1, -0.05) is 13.8 Å². The van der Waals surface area contributed by atoms with Crippen molar-refractivity contribution in [1.82, 2.24) is 9.97 Å². The van der Waals surface area contributed by atoms with E-state index in [-0.39, 0.29) is 0 Å². The molecule has 2 nitrogen and oxygen atoms in total. The summed E-state index contributed by atoms with van der Waals surface area (Å²) in [4.78, 5) is 31.9. The molecule has 0 saturated heterocycles. The van der Waals surface area contributed by atoms with Crippen molar-refractivity contribution in [2.24, 2.45) is 11.8 Å². The molecule has 2 unspecified atom stereocenters. The first-order chi connectivity index (χ1) is 27.9. The third kappa shape index (κ3) is 17.2.